The average molecular weight is 293 g/mol. The van der Waals surface area contributed by atoms with Crippen molar-refractivity contribution in [3.63, 3.8) is 0 Å². The van der Waals surface area contributed by atoms with Crippen LogP contribution in [-0.2, 0) is 9.84 Å². The Morgan fingerprint density at radius 1 is 1.20 bits per heavy atom. The average Bonchev–Trinajstić information content (AvgIpc) is 2.38. The minimum atomic E-state index is -3.27. The summed E-state index contributed by atoms with van der Waals surface area (Å²) in [6.07, 6.45) is 3.70. The van der Waals surface area contributed by atoms with E-state index in [0.717, 1.165) is 6.26 Å². The van der Waals surface area contributed by atoms with Crippen LogP contribution in [0.15, 0.2) is 47.6 Å². The molecule has 0 aliphatic rings. The van der Waals surface area contributed by atoms with E-state index in [1.54, 1.807) is 0 Å². The normalized spacial score (nSPS) is 11.1. The van der Waals surface area contributed by atoms with Gasteiger partial charge in [0, 0.05) is 24.7 Å². The molecule has 0 fully saturated rings. The van der Waals surface area contributed by atoms with Crippen LogP contribution in [0.1, 0.15) is 10.4 Å². The second-order valence-electron chi connectivity index (χ2n) is 4.02. The van der Waals surface area contributed by atoms with E-state index in [0.29, 0.717) is 5.75 Å². The third-order valence-corrected chi connectivity index (χ3v) is 3.62. The molecule has 20 heavy (non-hydrogen) atoms. The molecule has 0 aliphatic carbocycles. The highest BCUT2D eigenvalue weighted by Gasteiger charge is 2.12. The zero-order valence-corrected chi connectivity index (χ0v) is 11.3. The summed E-state index contributed by atoms with van der Waals surface area (Å²) in [4.78, 5) is 14.9. The van der Waals surface area contributed by atoms with Gasteiger partial charge in [-0.15, -0.1) is 0 Å². The molecule has 1 N–H and O–H groups in total. The summed E-state index contributed by atoms with van der Waals surface area (Å²) in [7, 11) is -3.27. The summed E-state index contributed by atoms with van der Waals surface area (Å²) in [5, 5.41) is 9.00. The maximum absolute atomic E-state index is 11.3. The fourth-order valence-corrected chi connectivity index (χ4v) is 2.14. The highest BCUT2D eigenvalue weighted by molar-refractivity contribution is 7.90. The molecule has 2 rings (SSSR count). The number of sulfone groups is 1. The monoisotopic (exact) mass is 293 g/mol. The number of pyridine rings is 1. The largest absolute Gasteiger partial charge is 0.477 e. The van der Waals surface area contributed by atoms with Gasteiger partial charge in [-0.25, -0.2) is 13.2 Å². The van der Waals surface area contributed by atoms with Crippen molar-refractivity contribution < 1.29 is 23.1 Å². The zero-order chi connectivity index (χ0) is 14.8. The second-order valence-corrected chi connectivity index (χ2v) is 6.04. The molecule has 1 heterocycles. The Kier molecular flexibility index (Phi) is 3.71. The molecule has 104 valence electrons. The number of rotatable bonds is 4. The predicted octanol–water partition coefficient (Wildman–Crippen LogP) is 1.98. The van der Waals surface area contributed by atoms with Gasteiger partial charge in [-0.2, -0.15) is 0 Å². The van der Waals surface area contributed by atoms with Crippen molar-refractivity contribution >= 4 is 15.8 Å². The number of aromatic carboxylic acids is 1. The van der Waals surface area contributed by atoms with Crippen molar-refractivity contribution in [2.24, 2.45) is 0 Å². The molecule has 0 bridgehead atoms. The number of aromatic nitrogens is 1. The van der Waals surface area contributed by atoms with Crippen molar-refractivity contribution in [3.8, 4) is 11.5 Å². The number of hydrogen-bond donors (Lipinski definition) is 1. The summed E-state index contributed by atoms with van der Waals surface area (Å²) in [5.74, 6) is -0.674. The number of carboxylic acid groups (broad SMARTS) is 1. The third kappa shape index (κ3) is 3.12. The van der Waals surface area contributed by atoms with Crippen LogP contribution in [0.4, 0.5) is 0 Å². The van der Waals surface area contributed by atoms with Crippen LogP contribution >= 0.6 is 0 Å². The molecular weight excluding hydrogens is 282 g/mol. The number of hydrogen-bond acceptors (Lipinski definition) is 5. The van der Waals surface area contributed by atoms with Gasteiger partial charge in [0.1, 0.15) is 17.1 Å². The zero-order valence-electron chi connectivity index (χ0n) is 10.5. The van der Waals surface area contributed by atoms with E-state index in [-0.39, 0.29) is 16.2 Å². The first-order valence-electron chi connectivity index (χ1n) is 5.53. The molecule has 0 amide bonds. The summed E-state index contributed by atoms with van der Waals surface area (Å²) in [5.41, 5.74) is -0.0697. The molecule has 2 aromatic rings. The van der Waals surface area contributed by atoms with E-state index in [1.807, 2.05) is 0 Å². The Morgan fingerprint density at radius 2 is 1.85 bits per heavy atom. The summed E-state index contributed by atoms with van der Waals surface area (Å²) in [6, 6.07) is 7.14. The lowest BCUT2D eigenvalue weighted by molar-refractivity contribution is 0.0693. The van der Waals surface area contributed by atoms with Crippen LogP contribution < -0.4 is 4.74 Å². The van der Waals surface area contributed by atoms with Crippen molar-refractivity contribution in [2.75, 3.05) is 6.26 Å². The molecule has 0 aliphatic heterocycles. The van der Waals surface area contributed by atoms with E-state index in [2.05, 4.69) is 4.98 Å². The number of nitrogens with zero attached hydrogens (tertiary/aromatic N) is 1. The van der Waals surface area contributed by atoms with Crippen LogP contribution in [-0.4, -0.2) is 30.7 Å². The van der Waals surface area contributed by atoms with Crippen molar-refractivity contribution in [2.45, 2.75) is 4.90 Å². The first-order valence-corrected chi connectivity index (χ1v) is 7.42. The Bertz CT molecular complexity index is 738. The Morgan fingerprint density at radius 3 is 2.40 bits per heavy atom. The molecule has 0 atom stereocenters. The summed E-state index contributed by atoms with van der Waals surface area (Å²) >= 11 is 0. The van der Waals surface area contributed by atoms with E-state index < -0.39 is 15.8 Å². The maximum Gasteiger partial charge on any atom is 0.341 e. The van der Waals surface area contributed by atoms with Gasteiger partial charge in [-0.1, -0.05) is 0 Å². The van der Waals surface area contributed by atoms with Crippen LogP contribution in [0.25, 0.3) is 0 Å². The van der Waals surface area contributed by atoms with Crippen molar-refractivity contribution in [1.29, 1.82) is 0 Å². The molecule has 0 unspecified atom stereocenters. The van der Waals surface area contributed by atoms with Crippen molar-refractivity contribution in [1.82, 2.24) is 4.98 Å². The lowest BCUT2D eigenvalue weighted by Gasteiger charge is -2.08. The molecule has 0 saturated carbocycles. The van der Waals surface area contributed by atoms with E-state index in [9.17, 15) is 13.2 Å². The van der Waals surface area contributed by atoms with E-state index in [4.69, 9.17) is 9.84 Å². The van der Waals surface area contributed by atoms with Gasteiger partial charge in [-0.3, -0.25) is 4.98 Å². The van der Waals surface area contributed by atoms with Gasteiger partial charge in [0.25, 0.3) is 0 Å². The lowest BCUT2D eigenvalue weighted by atomic mass is 10.2. The fraction of sp³-hybridized carbons (Fsp3) is 0.0769. The number of carboxylic acids is 1. The minimum absolute atomic E-state index is 0.0697. The Hall–Kier alpha value is -2.41. The minimum Gasteiger partial charge on any atom is -0.477 e. The van der Waals surface area contributed by atoms with Gasteiger partial charge >= 0.3 is 5.97 Å². The second kappa shape index (κ2) is 5.30. The molecule has 0 radical (unpaired) electrons. The number of benzene rings is 1. The standard InChI is InChI=1S/C13H11NO5S/c1-20(17,18)10-4-2-9(3-5-10)19-12-6-7-14-8-11(12)13(15)16/h2-8H,1H3,(H,15,16). The Balaban J connectivity index is 2.30. The van der Waals surface area contributed by atoms with Crippen LogP contribution in [0.3, 0.4) is 0 Å². The Labute approximate surface area is 115 Å². The predicted molar refractivity (Wildman–Crippen MR) is 70.8 cm³/mol. The van der Waals surface area contributed by atoms with E-state index >= 15 is 0 Å². The molecule has 6 nitrogen and oxygen atoms in total. The smallest absolute Gasteiger partial charge is 0.341 e. The van der Waals surface area contributed by atoms with Crippen LogP contribution in [0.5, 0.6) is 11.5 Å². The van der Waals surface area contributed by atoms with Crippen LogP contribution in [0, 0.1) is 0 Å². The topological polar surface area (TPSA) is 93.6 Å². The van der Waals surface area contributed by atoms with Crippen LogP contribution in [0.2, 0.25) is 0 Å². The molecule has 1 aromatic carbocycles. The fourth-order valence-electron chi connectivity index (χ4n) is 1.51. The maximum atomic E-state index is 11.3. The highest BCUT2D eigenvalue weighted by Crippen LogP contribution is 2.25. The van der Waals surface area contributed by atoms with E-state index in [1.165, 1.54) is 42.7 Å². The molecule has 7 heteroatoms. The quantitative estimate of drug-likeness (QED) is 0.926. The third-order valence-electron chi connectivity index (χ3n) is 2.49. The van der Waals surface area contributed by atoms with Gasteiger partial charge in [0.15, 0.2) is 9.84 Å². The highest BCUT2D eigenvalue weighted by atomic mass is 32.2. The first kappa shape index (κ1) is 14.0. The SMILES string of the molecule is CS(=O)(=O)c1ccc(Oc2ccncc2C(=O)O)cc1. The van der Waals surface area contributed by atoms with Gasteiger partial charge in [0.2, 0.25) is 0 Å². The molecule has 0 spiro atoms. The summed E-state index contributed by atoms with van der Waals surface area (Å²) < 4.78 is 28.1. The number of carbonyl (C=O) groups is 1. The number of ether oxygens (including phenoxy) is 1. The first-order chi connectivity index (χ1) is 9.38. The molecule has 1 aromatic heterocycles. The molecular formula is C13H11NO5S. The lowest BCUT2D eigenvalue weighted by Crippen LogP contribution is -2.01. The van der Waals surface area contributed by atoms with Gasteiger partial charge < -0.3 is 9.84 Å². The summed E-state index contributed by atoms with van der Waals surface area (Å²) in [6.45, 7) is 0. The van der Waals surface area contributed by atoms with Gasteiger partial charge in [0.05, 0.1) is 4.90 Å². The molecule has 0 saturated heterocycles. The van der Waals surface area contributed by atoms with Gasteiger partial charge in [-0.05, 0) is 24.3 Å². The van der Waals surface area contributed by atoms with Crippen molar-refractivity contribution in [3.05, 3.63) is 48.3 Å².